The van der Waals surface area contributed by atoms with Crippen molar-refractivity contribution in [3.05, 3.63) is 0 Å². The molecule has 0 spiro atoms. The van der Waals surface area contributed by atoms with Crippen LogP contribution in [0.3, 0.4) is 0 Å². The van der Waals surface area contributed by atoms with Gasteiger partial charge >= 0.3 is 5.97 Å². The van der Waals surface area contributed by atoms with Crippen molar-refractivity contribution in [1.29, 1.82) is 0 Å². The molecule has 74 valence electrons. The maximum Gasteiger partial charge on any atom is 0.316 e. The SMILES string of the molecule is COC(=O)C1CCN(P)CCC1=O. The molecule has 1 saturated heterocycles. The van der Waals surface area contributed by atoms with Crippen LogP contribution < -0.4 is 0 Å². The lowest BCUT2D eigenvalue weighted by atomic mass is 10.00. The molecule has 0 radical (unpaired) electrons. The number of hydrogen-bond donors (Lipinski definition) is 0. The average molecular weight is 203 g/mol. The second-order valence-electron chi connectivity index (χ2n) is 3.12. The number of rotatable bonds is 1. The van der Waals surface area contributed by atoms with Crippen LogP contribution in [0.1, 0.15) is 12.8 Å². The maximum absolute atomic E-state index is 11.4. The molecule has 4 nitrogen and oxygen atoms in total. The summed E-state index contributed by atoms with van der Waals surface area (Å²) in [5.74, 6) is -0.947. The van der Waals surface area contributed by atoms with Crippen LogP contribution >= 0.6 is 9.39 Å². The quantitative estimate of drug-likeness (QED) is 0.348. The van der Waals surface area contributed by atoms with E-state index in [1.807, 2.05) is 4.67 Å². The van der Waals surface area contributed by atoms with Gasteiger partial charge in [0.25, 0.3) is 0 Å². The predicted octanol–water partition coefficient (Wildman–Crippen LogP) is 0.231. The van der Waals surface area contributed by atoms with Gasteiger partial charge in [0.15, 0.2) is 0 Å². The van der Waals surface area contributed by atoms with Gasteiger partial charge in [-0.2, -0.15) is 0 Å². The van der Waals surface area contributed by atoms with Crippen molar-refractivity contribution in [1.82, 2.24) is 4.67 Å². The van der Waals surface area contributed by atoms with Gasteiger partial charge < -0.3 is 4.74 Å². The molecule has 1 rings (SSSR count). The van der Waals surface area contributed by atoms with Crippen LogP contribution in [0.4, 0.5) is 0 Å². The van der Waals surface area contributed by atoms with E-state index in [1.165, 1.54) is 7.11 Å². The molecule has 1 heterocycles. The molecule has 2 unspecified atom stereocenters. The monoisotopic (exact) mass is 203 g/mol. The molecule has 0 bridgehead atoms. The number of hydrogen-bond acceptors (Lipinski definition) is 4. The highest BCUT2D eigenvalue weighted by atomic mass is 31.0. The van der Waals surface area contributed by atoms with E-state index in [-0.39, 0.29) is 5.78 Å². The molecular formula is C8H14NO3P. The van der Waals surface area contributed by atoms with Crippen LogP contribution in [-0.4, -0.2) is 36.6 Å². The first-order valence-corrected chi connectivity index (χ1v) is 4.77. The van der Waals surface area contributed by atoms with E-state index in [4.69, 9.17) is 0 Å². The Kier molecular flexibility index (Phi) is 3.82. The predicted molar refractivity (Wildman–Crippen MR) is 51.0 cm³/mol. The molecule has 0 N–H and O–H groups in total. The number of carbonyl (C=O) groups is 2. The minimum Gasteiger partial charge on any atom is -0.468 e. The number of nitrogens with zero attached hydrogens (tertiary/aromatic N) is 1. The summed E-state index contributed by atoms with van der Waals surface area (Å²) >= 11 is 0. The first-order valence-electron chi connectivity index (χ1n) is 4.25. The largest absolute Gasteiger partial charge is 0.468 e. The Hall–Kier alpha value is -0.470. The van der Waals surface area contributed by atoms with Gasteiger partial charge in [-0.25, -0.2) is 0 Å². The number of ether oxygens (including phenoxy) is 1. The summed E-state index contributed by atoms with van der Waals surface area (Å²) in [5, 5.41) is 0. The Morgan fingerprint density at radius 2 is 2.31 bits per heavy atom. The summed E-state index contributed by atoms with van der Waals surface area (Å²) in [4.78, 5) is 22.6. The van der Waals surface area contributed by atoms with E-state index in [1.54, 1.807) is 0 Å². The van der Waals surface area contributed by atoms with Crippen molar-refractivity contribution in [3.8, 4) is 0 Å². The molecule has 2 atom stereocenters. The highest BCUT2D eigenvalue weighted by molar-refractivity contribution is 7.13. The van der Waals surface area contributed by atoms with Gasteiger partial charge in [0, 0.05) is 19.5 Å². The third-order valence-corrected chi connectivity index (χ3v) is 2.74. The lowest BCUT2D eigenvalue weighted by Gasteiger charge is -2.11. The van der Waals surface area contributed by atoms with Gasteiger partial charge in [0.2, 0.25) is 0 Å². The average Bonchev–Trinajstić information content (AvgIpc) is 2.28. The summed E-state index contributed by atoms with van der Waals surface area (Å²) in [6.07, 6.45) is 0.998. The normalized spacial score (nSPS) is 25.4. The summed E-state index contributed by atoms with van der Waals surface area (Å²) in [6.45, 7) is 1.45. The molecule has 1 aliphatic rings. The van der Waals surface area contributed by atoms with E-state index in [9.17, 15) is 9.59 Å². The van der Waals surface area contributed by atoms with Crippen molar-refractivity contribution in [2.45, 2.75) is 12.8 Å². The molecular weight excluding hydrogens is 189 g/mol. The molecule has 0 aromatic rings. The van der Waals surface area contributed by atoms with Crippen LogP contribution in [0.5, 0.6) is 0 Å². The Morgan fingerprint density at radius 1 is 1.62 bits per heavy atom. The standard InChI is InChI=1S/C8H14NO3P/c1-12-8(11)6-2-4-9(13)5-3-7(6)10/h6H,2-5,13H2,1H3. The minimum atomic E-state index is -0.546. The molecule has 1 fully saturated rings. The molecule has 0 saturated carbocycles. The van der Waals surface area contributed by atoms with Gasteiger partial charge in [0.1, 0.15) is 11.7 Å². The maximum atomic E-state index is 11.4. The van der Waals surface area contributed by atoms with Crippen LogP contribution in [-0.2, 0) is 14.3 Å². The topological polar surface area (TPSA) is 46.6 Å². The van der Waals surface area contributed by atoms with E-state index in [2.05, 4.69) is 14.1 Å². The number of carbonyl (C=O) groups excluding carboxylic acids is 2. The van der Waals surface area contributed by atoms with E-state index >= 15 is 0 Å². The van der Waals surface area contributed by atoms with Gasteiger partial charge in [-0.3, -0.25) is 14.3 Å². The lowest BCUT2D eigenvalue weighted by Crippen LogP contribution is -2.24. The van der Waals surface area contributed by atoms with Gasteiger partial charge in [-0.15, -0.1) is 0 Å². The van der Waals surface area contributed by atoms with Crippen LogP contribution in [0, 0.1) is 5.92 Å². The highest BCUT2D eigenvalue weighted by Crippen LogP contribution is 2.17. The molecule has 1 aliphatic heterocycles. The molecule has 0 amide bonds. The second-order valence-corrected chi connectivity index (χ2v) is 3.85. The highest BCUT2D eigenvalue weighted by Gasteiger charge is 2.29. The van der Waals surface area contributed by atoms with E-state index < -0.39 is 11.9 Å². The Morgan fingerprint density at radius 3 is 2.92 bits per heavy atom. The zero-order chi connectivity index (χ0) is 9.84. The van der Waals surface area contributed by atoms with Crippen LogP contribution in [0.2, 0.25) is 0 Å². The first-order chi connectivity index (χ1) is 6.15. The fourth-order valence-corrected chi connectivity index (χ4v) is 1.67. The molecule has 0 aromatic heterocycles. The van der Waals surface area contributed by atoms with Crippen molar-refractivity contribution in [3.63, 3.8) is 0 Å². The number of methoxy groups -OCH3 is 1. The van der Waals surface area contributed by atoms with Gasteiger partial charge in [-0.1, -0.05) is 9.39 Å². The second kappa shape index (κ2) is 4.68. The van der Waals surface area contributed by atoms with Crippen LogP contribution in [0.15, 0.2) is 0 Å². The Labute approximate surface area is 79.9 Å². The number of esters is 1. The number of ketones is 1. The van der Waals surface area contributed by atoms with Crippen molar-refractivity contribution < 1.29 is 14.3 Å². The fraction of sp³-hybridized carbons (Fsp3) is 0.750. The minimum absolute atomic E-state index is 0.00296. The van der Waals surface area contributed by atoms with Gasteiger partial charge in [-0.05, 0) is 6.42 Å². The van der Waals surface area contributed by atoms with Crippen LogP contribution in [0.25, 0.3) is 0 Å². The molecule has 0 aromatic carbocycles. The summed E-state index contributed by atoms with van der Waals surface area (Å²) < 4.78 is 6.54. The Balaban J connectivity index is 2.62. The van der Waals surface area contributed by atoms with Crippen molar-refractivity contribution in [2.75, 3.05) is 20.2 Å². The molecule has 13 heavy (non-hydrogen) atoms. The first kappa shape index (κ1) is 10.6. The third-order valence-electron chi connectivity index (χ3n) is 2.22. The summed E-state index contributed by atoms with van der Waals surface area (Å²) in [5.41, 5.74) is 0. The summed E-state index contributed by atoms with van der Waals surface area (Å²) in [6, 6.07) is 0. The van der Waals surface area contributed by atoms with E-state index in [0.29, 0.717) is 19.4 Å². The molecule has 0 aliphatic carbocycles. The van der Waals surface area contributed by atoms with Gasteiger partial charge in [0.05, 0.1) is 7.11 Å². The smallest absolute Gasteiger partial charge is 0.316 e. The summed E-state index contributed by atoms with van der Waals surface area (Å²) in [7, 11) is 3.87. The van der Waals surface area contributed by atoms with E-state index in [0.717, 1.165) is 6.54 Å². The zero-order valence-electron chi connectivity index (χ0n) is 7.66. The Bertz CT molecular complexity index is 219. The zero-order valence-corrected chi connectivity index (χ0v) is 8.81. The third kappa shape index (κ3) is 2.75. The fourth-order valence-electron chi connectivity index (χ4n) is 1.39. The number of Topliss-reactive ketones (excluding diaryl/α,β-unsaturated/α-hetero) is 1. The molecule has 5 heteroatoms. The van der Waals surface area contributed by atoms with Crippen molar-refractivity contribution >= 4 is 21.1 Å². The van der Waals surface area contributed by atoms with Crippen molar-refractivity contribution in [2.24, 2.45) is 5.92 Å². The lowest BCUT2D eigenvalue weighted by molar-refractivity contribution is -0.149.